The highest BCUT2D eigenvalue weighted by Gasteiger charge is 2.41. The van der Waals surface area contributed by atoms with Crippen LogP contribution >= 0.6 is 11.8 Å². The second kappa shape index (κ2) is 4.19. The first-order valence-corrected chi connectivity index (χ1v) is 7.70. The zero-order chi connectivity index (χ0) is 9.95. The van der Waals surface area contributed by atoms with Crippen molar-refractivity contribution < 1.29 is 8.42 Å². The lowest BCUT2D eigenvalue weighted by Crippen LogP contribution is -2.30. The summed E-state index contributed by atoms with van der Waals surface area (Å²) in [6.45, 7) is 1.53. The number of nitrogens with one attached hydrogen (secondary N) is 1. The molecule has 13 heavy (non-hydrogen) atoms. The summed E-state index contributed by atoms with van der Waals surface area (Å²) in [4.78, 5) is 0. The summed E-state index contributed by atoms with van der Waals surface area (Å²) in [7, 11) is -2.80. The maximum atomic E-state index is 10.8. The molecule has 1 fully saturated rings. The van der Waals surface area contributed by atoms with Gasteiger partial charge >= 0.3 is 0 Å². The maximum absolute atomic E-state index is 10.8. The van der Waals surface area contributed by atoms with E-state index < -0.39 is 9.84 Å². The Bertz CT molecular complexity index is 257. The molecule has 0 amide bonds. The fourth-order valence-corrected chi connectivity index (χ4v) is 2.44. The summed E-state index contributed by atoms with van der Waals surface area (Å²) in [5, 5.41) is 3.20. The molecule has 5 heteroatoms. The van der Waals surface area contributed by atoms with Gasteiger partial charge < -0.3 is 5.32 Å². The lowest BCUT2D eigenvalue weighted by Gasteiger charge is -2.12. The summed E-state index contributed by atoms with van der Waals surface area (Å²) in [6.07, 6.45) is 5.92. The van der Waals surface area contributed by atoms with Gasteiger partial charge in [0.2, 0.25) is 0 Å². The van der Waals surface area contributed by atoms with E-state index in [9.17, 15) is 8.42 Å². The number of sulfone groups is 1. The first-order chi connectivity index (χ1) is 5.97. The van der Waals surface area contributed by atoms with Crippen molar-refractivity contribution in [2.75, 3.05) is 31.4 Å². The van der Waals surface area contributed by atoms with Crippen molar-refractivity contribution in [3.63, 3.8) is 0 Å². The van der Waals surface area contributed by atoms with Crippen LogP contribution in [0.4, 0.5) is 0 Å². The van der Waals surface area contributed by atoms with Crippen molar-refractivity contribution in [2.24, 2.45) is 0 Å². The highest BCUT2D eigenvalue weighted by atomic mass is 32.2. The SMILES string of the molecule is CSC1(CNCCS(C)(=O)=O)CC1. The van der Waals surface area contributed by atoms with Crippen LogP contribution in [0, 0.1) is 0 Å². The quantitative estimate of drug-likeness (QED) is 0.667. The van der Waals surface area contributed by atoms with Crippen LogP contribution in [-0.2, 0) is 9.84 Å². The van der Waals surface area contributed by atoms with Crippen molar-refractivity contribution in [3.8, 4) is 0 Å². The normalized spacial score (nSPS) is 20.2. The Balaban J connectivity index is 2.08. The standard InChI is InChI=1S/C8H17NO2S2/c1-12-8(3-4-8)7-9-5-6-13(2,10)11/h9H,3-7H2,1-2H3. The highest BCUT2D eigenvalue weighted by Crippen LogP contribution is 2.46. The van der Waals surface area contributed by atoms with Crippen molar-refractivity contribution in [3.05, 3.63) is 0 Å². The smallest absolute Gasteiger partial charge is 0.148 e. The molecule has 78 valence electrons. The minimum Gasteiger partial charge on any atom is -0.314 e. The third-order valence-electron chi connectivity index (χ3n) is 2.34. The molecule has 0 heterocycles. The molecule has 3 nitrogen and oxygen atoms in total. The van der Waals surface area contributed by atoms with Crippen LogP contribution in [0.5, 0.6) is 0 Å². The zero-order valence-electron chi connectivity index (χ0n) is 8.17. The fraction of sp³-hybridized carbons (Fsp3) is 1.00. The minimum absolute atomic E-state index is 0.247. The summed E-state index contributed by atoms with van der Waals surface area (Å²) < 4.78 is 22.0. The first-order valence-electron chi connectivity index (χ1n) is 4.41. The van der Waals surface area contributed by atoms with Gasteiger partial charge in [0.05, 0.1) is 5.75 Å². The molecule has 1 aliphatic carbocycles. The topological polar surface area (TPSA) is 46.2 Å². The minimum atomic E-state index is -2.80. The third-order valence-corrected chi connectivity index (χ3v) is 4.70. The summed E-state index contributed by atoms with van der Waals surface area (Å²) in [5.41, 5.74) is 0. The van der Waals surface area contributed by atoms with E-state index in [1.165, 1.54) is 19.1 Å². The van der Waals surface area contributed by atoms with Crippen molar-refractivity contribution in [1.29, 1.82) is 0 Å². The molecule has 0 bridgehead atoms. The Morgan fingerprint density at radius 2 is 2.08 bits per heavy atom. The molecule has 0 spiro atoms. The van der Waals surface area contributed by atoms with Gasteiger partial charge in [-0.15, -0.1) is 0 Å². The molecular weight excluding hydrogens is 206 g/mol. The van der Waals surface area contributed by atoms with Crippen LogP contribution in [0.1, 0.15) is 12.8 Å². The van der Waals surface area contributed by atoms with Gasteiger partial charge in [-0.1, -0.05) is 0 Å². The first kappa shape index (κ1) is 11.3. The Morgan fingerprint density at radius 1 is 1.46 bits per heavy atom. The number of thioether (sulfide) groups is 1. The van der Waals surface area contributed by atoms with Gasteiger partial charge in [0.1, 0.15) is 9.84 Å². The maximum Gasteiger partial charge on any atom is 0.148 e. The number of rotatable bonds is 6. The molecule has 0 unspecified atom stereocenters. The number of hydrogen-bond acceptors (Lipinski definition) is 4. The van der Waals surface area contributed by atoms with E-state index in [4.69, 9.17) is 0 Å². The lowest BCUT2D eigenvalue weighted by molar-refractivity contribution is 0.595. The Hall–Kier alpha value is 0.260. The Kier molecular flexibility index (Phi) is 3.65. The largest absolute Gasteiger partial charge is 0.314 e. The van der Waals surface area contributed by atoms with Crippen LogP contribution in [0.25, 0.3) is 0 Å². The predicted molar refractivity (Wildman–Crippen MR) is 58.1 cm³/mol. The van der Waals surface area contributed by atoms with Gasteiger partial charge in [-0.25, -0.2) is 8.42 Å². The molecule has 1 aliphatic rings. The van der Waals surface area contributed by atoms with E-state index >= 15 is 0 Å². The Labute approximate surface area is 84.6 Å². The van der Waals surface area contributed by atoms with Gasteiger partial charge in [-0.3, -0.25) is 0 Å². The van der Waals surface area contributed by atoms with E-state index in [0.29, 0.717) is 11.3 Å². The number of hydrogen-bond donors (Lipinski definition) is 1. The molecule has 0 radical (unpaired) electrons. The molecule has 0 aromatic heterocycles. The van der Waals surface area contributed by atoms with Crippen LogP contribution in [-0.4, -0.2) is 44.5 Å². The van der Waals surface area contributed by atoms with E-state index in [-0.39, 0.29) is 5.75 Å². The molecule has 0 aromatic rings. The summed E-state index contributed by atoms with van der Waals surface area (Å²) in [6, 6.07) is 0. The molecule has 1 N–H and O–H groups in total. The van der Waals surface area contributed by atoms with Gasteiger partial charge in [0, 0.05) is 24.1 Å². The lowest BCUT2D eigenvalue weighted by atomic mass is 10.4. The Morgan fingerprint density at radius 3 is 2.46 bits per heavy atom. The summed E-state index contributed by atoms with van der Waals surface area (Å²) in [5.74, 6) is 0.247. The third kappa shape index (κ3) is 4.33. The highest BCUT2D eigenvalue weighted by molar-refractivity contribution is 8.00. The second-order valence-electron chi connectivity index (χ2n) is 3.69. The van der Waals surface area contributed by atoms with Gasteiger partial charge in [-0.2, -0.15) is 11.8 Å². The molecule has 0 aromatic carbocycles. The van der Waals surface area contributed by atoms with Gasteiger partial charge in [0.15, 0.2) is 0 Å². The van der Waals surface area contributed by atoms with Crippen molar-refractivity contribution in [2.45, 2.75) is 17.6 Å². The summed E-state index contributed by atoms with van der Waals surface area (Å²) >= 11 is 1.88. The zero-order valence-corrected chi connectivity index (χ0v) is 9.80. The average molecular weight is 223 g/mol. The average Bonchev–Trinajstić information content (AvgIpc) is 2.78. The monoisotopic (exact) mass is 223 g/mol. The fourth-order valence-electron chi connectivity index (χ4n) is 1.17. The molecule has 1 rings (SSSR count). The van der Waals surface area contributed by atoms with Gasteiger partial charge in [0.25, 0.3) is 0 Å². The van der Waals surface area contributed by atoms with E-state index in [0.717, 1.165) is 6.54 Å². The van der Waals surface area contributed by atoms with E-state index in [1.54, 1.807) is 0 Å². The molecule has 1 saturated carbocycles. The molecule has 0 aliphatic heterocycles. The van der Waals surface area contributed by atoms with Crippen LogP contribution in [0.15, 0.2) is 0 Å². The van der Waals surface area contributed by atoms with E-state index in [2.05, 4.69) is 11.6 Å². The van der Waals surface area contributed by atoms with Crippen LogP contribution in [0.2, 0.25) is 0 Å². The van der Waals surface area contributed by atoms with Crippen molar-refractivity contribution >= 4 is 21.6 Å². The molecular formula is C8H17NO2S2. The van der Waals surface area contributed by atoms with Gasteiger partial charge in [-0.05, 0) is 19.1 Å². The van der Waals surface area contributed by atoms with E-state index in [1.807, 2.05) is 11.8 Å². The predicted octanol–water partition coefficient (Wildman–Crippen LogP) is 0.516. The molecule has 0 atom stereocenters. The molecule has 0 saturated heterocycles. The van der Waals surface area contributed by atoms with Crippen LogP contribution < -0.4 is 5.32 Å². The second-order valence-corrected chi connectivity index (χ2v) is 7.23. The van der Waals surface area contributed by atoms with Crippen molar-refractivity contribution in [1.82, 2.24) is 5.32 Å². The van der Waals surface area contributed by atoms with Crippen LogP contribution in [0.3, 0.4) is 0 Å².